The van der Waals surface area contributed by atoms with E-state index >= 15 is 0 Å². The molecule has 0 saturated carbocycles. The lowest BCUT2D eigenvalue weighted by atomic mass is 10.1. The number of ether oxygens (including phenoxy) is 1. The van der Waals surface area contributed by atoms with Gasteiger partial charge in [-0.2, -0.15) is 0 Å². The largest absolute Gasteiger partial charge is 0.444 e. The van der Waals surface area contributed by atoms with Crippen molar-refractivity contribution in [1.29, 1.82) is 0 Å². The summed E-state index contributed by atoms with van der Waals surface area (Å²) in [6.45, 7) is 6.20. The number of rotatable bonds is 3. The fourth-order valence-electron chi connectivity index (χ4n) is 3.16. The topological polar surface area (TPSA) is 84.4 Å². The zero-order valence-corrected chi connectivity index (χ0v) is 17.4. The number of aromatic nitrogens is 2. The predicted octanol–water partition coefficient (Wildman–Crippen LogP) is 4.83. The second-order valence-corrected chi connectivity index (χ2v) is 8.84. The first kappa shape index (κ1) is 19.3. The van der Waals surface area contributed by atoms with Crippen LogP contribution in [0.2, 0.25) is 0 Å². The lowest BCUT2D eigenvalue weighted by molar-refractivity contribution is -0.117. The molecule has 1 aliphatic rings. The van der Waals surface area contributed by atoms with Gasteiger partial charge in [0, 0.05) is 24.2 Å². The van der Waals surface area contributed by atoms with Crippen molar-refractivity contribution in [2.45, 2.75) is 39.2 Å². The van der Waals surface area contributed by atoms with Crippen LogP contribution in [-0.4, -0.2) is 34.1 Å². The standard InChI is InChI=1S/C21H22N4O3S/c1-21(2,3)28-20(27)24-19-23-16-11-10-15(22-18(16)29-19)13-6-8-14(9-7-13)25-12-4-5-17(25)26/h6-11H,4-5,12H2,1-3H3,(H,23,24,27). The second-order valence-electron chi connectivity index (χ2n) is 7.86. The van der Waals surface area contributed by atoms with E-state index < -0.39 is 11.7 Å². The summed E-state index contributed by atoms with van der Waals surface area (Å²) in [4.78, 5) is 35.5. The molecule has 0 spiro atoms. The van der Waals surface area contributed by atoms with Gasteiger partial charge in [-0.1, -0.05) is 23.5 Å². The first-order valence-electron chi connectivity index (χ1n) is 9.47. The molecule has 0 radical (unpaired) electrons. The Morgan fingerprint density at radius 1 is 1.14 bits per heavy atom. The number of pyridine rings is 1. The maximum absolute atomic E-state index is 11.9. The molecular weight excluding hydrogens is 388 g/mol. The number of hydrogen-bond acceptors (Lipinski definition) is 6. The molecule has 1 saturated heterocycles. The smallest absolute Gasteiger partial charge is 0.413 e. The fourth-order valence-corrected chi connectivity index (χ4v) is 3.98. The Labute approximate surface area is 172 Å². The maximum Gasteiger partial charge on any atom is 0.413 e. The van der Waals surface area contributed by atoms with Gasteiger partial charge in [0.2, 0.25) is 5.91 Å². The molecule has 8 heteroatoms. The van der Waals surface area contributed by atoms with Crippen molar-refractivity contribution in [3.63, 3.8) is 0 Å². The number of fused-ring (bicyclic) bond motifs is 1. The maximum atomic E-state index is 11.9. The third-order valence-corrected chi connectivity index (χ3v) is 5.29. The van der Waals surface area contributed by atoms with Crippen molar-refractivity contribution in [2.75, 3.05) is 16.8 Å². The average molecular weight is 410 g/mol. The quantitative estimate of drug-likeness (QED) is 0.668. The monoisotopic (exact) mass is 410 g/mol. The van der Waals surface area contributed by atoms with Crippen molar-refractivity contribution >= 4 is 44.5 Å². The summed E-state index contributed by atoms with van der Waals surface area (Å²) in [5, 5.41) is 3.10. The van der Waals surface area contributed by atoms with Crippen molar-refractivity contribution in [2.24, 2.45) is 0 Å². The zero-order valence-electron chi connectivity index (χ0n) is 16.6. The Hall–Kier alpha value is -3.00. The molecule has 1 aromatic carbocycles. The molecule has 3 aromatic rings. The number of nitrogens with one attached hydrogen (secondary N) is 1. The lowest BCUT2D eigenvalue weighted by Gasteiger charge is -2.18. The average Bonchev–Trinajstić information content (AvgIpc) is 3.24. The summed E-state index contributed by atoms with van der Waals surface area (Å²) in [5.41, 5.74) is 2.82. The van der Waals surface area contributed by atoms with Crippen LogP contribution in [0.15, 0.2) is 36.4 Å². The second kappa shape index (κ2) is 7.44. The molecule has 1 aliphatic heterocycles. The van der Waals surface area contributed by atoms with Crippen LogP contribution in [0, 0.1) is 0 Å². The van der Waals surface area contributed by atoms with Crippen LogP contribution < -0.4 is 10.2 Å². The molecule has 150 valence electrons. The molecule has 0 atom stereocenters. The Bertz CT molecular complexity index is 1070. The third kappa shape index (κ3) is 4.37. The van der Waals surface area contributed by atoms with E-state index in [1.165, 1.54) is 11.3 Å². The van der Waals surface area contributed by atoms with Crippen molar-refractivity contribution in [3.8, 4) is 11.3 Å². The van der Waals surface area contributed by atoms with E-state index in [1.54, 1.807) is 0 Å². The van der Waals surface area contributed by atoms with Crippen molar-refractivity contribution in [3.05, 3.63) is 36.4 Å². The number of nitrogens with zero attached hydrogens (tertiary/aromatic N) is 3. The first-order valence-corrected chi connectivity index (χ1v) is 10.3. The van der Waals surface area contributed by atoms with Gasteiger partial charge in [0.05, 0.1) is 5.69 Å². The van der Waals surface area contributed by atoms with Crippen LogP contribution in [-0.2, 0) is 9.53 Å². The van der Waals surface area contributed by atoms with Gasteiger partial charge in [-0.15, -0.1) is 0 Å². The van der Waals surface area contributed by atoms with E-state index in [0.29, 0.717) is 17.1 Å². The molecule has 29 heavy (non-hydrogen) atoms. The third-order valence-electron chi connectivity index (χ3n) is 4.41. The molecule has 4 rings (SSSR count). The summed E-state index contributed by atoms with van der Waals surface area (Å²) < 4.78 is 5.26. The van der Waals surface area contributed by atoms with E-state index in [1.807, 2.05) is 62.1 Å². The van der Waals surface area contributed by atoms with Crippen LogP contribution in [0.3, 0.4) is 0 Å². The van der Waals surface area contributed by atoms with Crippen LogP contribution in [0.1, 0.15) is 33.6 Å². The van der Waals surface area contributed by atoms with Gasteiger partial charge < -0.3 is 9.64 Å². The minimum absolute atomic E-state index is 0.173. The van der Waals surface area contributed by atoms with Crippen LogP contribution in [0.5, 0.6) is 0 Å². The minimum atomic E-state index is -0.571. The summed E-state index contributed by atoms with van der Waals surface area (Å²) in [6, 6.07) is 11.6. The predicted molar refractivity (Wildman–Crippen MR) is 114 cm³/mol. The highest BCUT2D eigenvalue weighted by molar-refractivity contribution is 7.21. The van der Waals surface area contributed by atoms with Crippen LogP contribution in [0.4, 0.5) is 15.6 Å². The van der Waals surface area contributed by atoms with Gasteiger partial charge in [-0.25, -0.2) is 14.8 Å². The number of carbonyl (C=O) groups excluding carboxylic acids is 2. The number of anilines is 2. The highest BCUT2D eigenvalue weighted by atomic mass is 32.1. The Balaban J connectivity index is 1.53. The van der Waals surface area contributed by atoms with Crippen molar-refractivity contribution in [1.82, 2.24) is 9.97 Å². The van der Waals surface area contributed by atoms with Crippen LogP contribution >= 0.6 is 11.3 Å². The summed E-state index contributed by atoms with van der Waals surface area (Å²) in [7, 11) is 0. The van der Waals surface area contributed by atoms with Gasteiger partial charge in [0.15, 0.2) is 5.13 Å². The molecule has 0 aliphatic carbocycles. The van der Waals surface area contributed by atoms with Gasteiger partial charge in [-0.05, 0) is 51.5 Å². The number of benzene rings is 1. The van der Waals surface area contributed by atoms with Crippen LogP contribution in [0.25, 0.3) is 21.6 Å². The summed E-state index contributed by atoms with van der Waals surface area (Å²) in [5.74, 6) is 0.173. The molecule has 1 fully saturated rings. The van der Waals surface area contributed by atoms with E-state index in [9.17, 15) is 9.59 Å². The Morgan fingerprint density at radius 2 is 1.90 bits per heavy atom. The lowest BCUT2D eigenvalue weighted by Crippen LogP contribution is -2.27. The molecule has 3 heterocycles. The van der Waals surface area contributed by atoms with Crippen molar-refractivity contribution < 1.29 is 14.3 Å². The van der Waals surface area contributed by atoms with E-state index in [4.69, 9.17) is 4.74 Å². The summed E-state index contributed by atoms with van der Waals surface area (Å²) >= 11 is 1.30. The molecule has 0 bridgehead atoms. The number of thiazole rings is 1. The molecule has 7 nitrogen and oxygen atoms in total. The van der Waals surface area contributed by atoms with E-state index in [-0.39, 0.29) is 5.91 Å². The fraction of sp³-hybridized carbons (Fsp3) is 0.333. The van der Waals surface area contributed by atoms with E-state index in [2.05, 4.69) is 15.3 Å². The zero-order chi connectivity index (χ0) is 20.6. The Kier molecular flexibility index (Phi) is 4.96. The van der Waals surface area contributed by atoms with Gasteiger partial charge >= 0.3 is 6.09 Å². The highest BCUT2D eigenvalue weighted by Gasteiger charge is 2.21. The number of hydrogen-bond donors (Lipinski definition) is 1. The number of amides is 2. The normalized spacial score (nSPS) is 14.4. The number of carbonyl (C=O) groups is 2. The highest BCUT2D eigenvalue weighted by Crippen LogP contribution is 2.29. The van der Waals surface area contributed by atoms with Gasteiger partial charge in [0.25, 0.3) is 0 Å². The van der Waals surface area contributed by atoms with Gasteiger partial charge in [0.1, 0.15) is 15.9 Å². The Morgan fingerprint density at radius 3 is 2.55 bits per heavy atom. The SMILES string of the molecule is CC(C)(C)OC(=O)Nc1nc2ccc(-c3ccc(N4CCCC4=O)cc3)nc2s1. The molecule has 0 unspecified atom stereocenters. The van der Waals surface area contributed by atoms with Gasteiger partial charge in [-0.3, -0.25) is 10.1 Å². The molecule has 2 amide bonds. The molecular formula is C21H22N4O3S. The molecule has 2 aromatic heterocycles. The minimum Gasteiger partial charge on any atom is -0.444 e. The van der Waals surface area contributed by atoms with E-state index in [0.717, 1.165) is 34.7 Å². The summed E-state index contributed by atoms with van der Waals surface area (Å²) in [6.07, 6.45) is 0.985. The molecule has 1 N–H and O–H groups in total. The first-order chi connectivity index (χ1) is 13.8.